The monoisotopic (exact) mass is 218 g/mol. The lowest BCUT2D eigenvalue weighted by Crippen LogP contribution is -2.15. The number of hydrogen-bond donors (Lipinski definition) is 0. The largest absolute Gasteiger partial charge is 0.303 e. The van der Waals surface area contributed by atoms with Gasteiger partial charge in [-0.15, -0.1) is 0 Å². The molecule has 0 heterocycles. The van der Waals surface area contributed by atoms with E-state index in [1.807, 2.05) is 6.92 Å². The summed E-state index contributed by atoms with van der Waals surface area (Å²) in [5.41, 5.74) is 2.86. The standard InChI is InChI=1S/C15H22O/c1-5-15(3,4)14-8-6-13(7-9-14)10-12(2)11-16/h6-9,11-12H,5,10H2,1-4H3. The van der Waals surface area contributed by atoms with Crippen LogP contribution in [0.3, 0.4) is 0 Å². The Balaban J connectivity index is 2.79. The molecule has 0 spiro atoms. The molecular weight excluding hydrogens is 196 g/mol. The predicted molar refractivity (Wildman–Crippen MR) is 68.7 cm³/mol. The molecule has 0 N–H and O–H groups in total. The molecule has 88 valence electrons. The SMILES string of the molecule is CCC(C)(C)c1ccc(CC(C)C=O)cc1. The highest BCUT2D eigenvalue weighted by Crippen LogP contribution is 2.26. The van der Waals surface area contributed by atoms with Crippen molar-refractivity contribution in [3.8, 4) is 0 Å². The molecule has 0 saturated carbocycles. The summed E-state index contributed by atoms with van der Waals surface area (Å²) in [6, 6.07) is 8.67. The fraction of sp³-hybridized carbons (Fsp3) is 0.533. The summed E-state index contributed by atoms with van der Waals surface area (Å²) in [5, 5.41) is 0. The smallest absolute Gasteiger partial charge is 0.123 e. The van der Waals surface area contributed by atoms with Crippen LogP contribution >= 0.6 is 0 Å². The highest BCUT2D eigenvalue weighted by atomic mass is 16.1. The van der Waals surface area contributed by atoms with Gasteiger partial charge in [-0.3, -0.25) is 0 Å². The second-order valence-electron chi connectivity index (χ2n) is 5.25. The van der Waals surface area contributed by atoms with Crippen molar-refractivity contribution in [1.82, 2.24) is 0 Å². The Morgan fingerprint density at radius 1 is 1.25 bits per heavy atom. The Kier molecular flexibility index (Phi) is 4.28. The molecule has 0 aromatic heterocycles. The second-order valence-corrected chi connectivity index (χ2v) is 5.25. The van der Waals surface area contributed by atoms with Gasteiger partial charge in [0.1, 0.15) is 6.29 Å². The van der Waals surface area contributed by atoms with E-state index in [2.05, 4.69) is 45.0 Å². The van der Waals surface area contributed by atoms with Crippen LogP contribution in [0.2, 0.25) is 0 Å². The van der Waals surface area contributed by atoms with Crippen molar-refractivity contribution in [2.45, 2.75) is 46.0 Å². The zero-order valence-electron chi connectivity index (χ0n) is 10.8. The fourth-order valence-corrected chi connectivity index (χ4v) is 1.72. The van der Waals surface area contributed by atoms with Gasteiger partial charge in [0.2, 0.25) is 0 Å². The highest BCUT2D eigenvalue weighted by Gasteiger charge is 2.17. The summed E-state index contributed by atoms with van der Waals surface area (Å²) in [6.45, 7) is 8.69. The van der Waals surface area contributed by atoms with E-state index in [0.717, 1.165) is 19.1 Å². The molecular formula is C15H22O. The molecule has 0 bridgehead atoms. The van der Waals surface area contributed by atoms with Crippen molar-refractivity contribution < 1.29 is 4.79 Å². The lowest BCUT2D eigenvalue weighted by molar-refractivity contribution is -0.110. The molecule has 16 heavy (non-hydrogen) atoms. The maximum absolute atomic E-state index is 10.6. The molecule has 1 rings (SSSR count). The first-order valence-corrected chi connectivity index (χ1v) is 6.04. The van der Waals surface area contributed by atoms with Crippen LogP contribution in [0.5, 0.6) is 0 Å². The van der Waals surface area contributed by atoms with Crippen molar-refractivity contribution in [3.63, 3.8) is 0 Å². The van der Waals surface area contributed by atoms with Gasteiger partial charge in [0.15, 0.2) is 0 Å². The molecule has 1 aromatic carbocycles. The summed E-state index contributed by atoms with van der Waals surface area (Å²) in [7, 11) is 0. The minimum Gasteiger partial charge on any atom is -0.303 e. The number of aldehydes is 1. The maximum Gasteiger partial charge on any atom is 0.123 e. The van der Waals surface area contributed by atoms with Crippen LogP contribution in [0.15, 0.2) is 24.3 Å². The van der Waals surface area contributed by atoms with Gasteiger partial charge < -0.3 is 4.79 Å². The molecule has 0 radical (unpaired) electrons. The van der Waals surface area contributed by atoms with Crippen LogP contribution in [0.4, 0.5) is 0 Å². The van der Waals surface area contributed by atoms with Crippen molar-refractivity contribution in [1.29, 1.82) is 0 Å². The topological polar surface area (TPSA) is 17.1 Å². The average molecular weight is 218 g/mol. The van der Waals surface area contributed by atoms with Gasteiger partial charge in [0.05, 0.1) is 0 Å². The van der Waals surface area contributed by atoms with Gasteiger partial charge >= 0.3 is 0 Å². The van der Waals surface area contributed by atoms with Crippen molar-refractivity contribution >= 4 is 6.29 Å². The third kappa shape index (κ3) is 3.19. The highest BCUT2D eigenvalue weighted by molar-refractivity contribution is 5.53. The molecule has 0 aliphatic rings. The van der Waals surface area contributed by atoms with Gasteiger partial charge in [0, 0.05) is 5.92 Å². The molecule has 1 nitrogen and oxygen atoms in total. The molecule has 0 fully saturated rings. The number of rotatable bonds is 5. The van der Waals surface area contributed by atoms with Crippen molar-refractivity contribution in [2.24, 2.45) is 5.92 Å². The summed E-state index contributed by atoms with van der Waals surface area (Å²) < 4.78 is 0. The van der Waals surface area contributed by atoms with Gasteiger partial charge in [0.25, 0.3) is 0 Å². The van der Waals surface area contributed by atoms with Crippen LogP contribution in [0.25, 0.3) is 0 Å². The Hall–Kier alpha value is -1.11. The Labute approximate surface area is 98.9 Å². The van der Waals surface area contributed by atoms with Crippen LogP contribution in [-0.2, 0) is 16.6 Å². The minimum absolute atomic E-state index is 0.116. The first kappa shape index (κ1) is 13.0. The van der Waals surface area contributed by atoms with Crippen molar-refractivity contribution in [2.75, 3.05) is 0 Å². The molecule has 0 saturated heterocycles. The first-order valence-electron chi connectivity index (χ1n) is 6.04. The Morgan fingerprint density at radius 3 is 2.25 bits per heavy atom. The Bertz CT molecular complexity index is 335. The summed E-state index contributed by atoms with van der Waals surface area (Å²) >= 11 is 0. The number of hydrogen-bond acceptors (Lipinski definition) is 1. The van der Waals surface area contributed by atoms with Crippen molar-refractivity contribution in [3.05, 3.63) is 35.4 Å². The summed E-state index contributed by atoms with van der Waals surface area (Å²) in [5.74, 6) is 0.116. The van der Waals surface area contributed by atoms with Crippen LogP contribution in [0.1, 0.15) is 45.2 Å². The van der Waals surface area contributed by atoms with E-state index in [4.69, 9.17) is 0 Å². The fourth-order valence-electron chi connectivity index (χ4n) is 1.72. The summed E-state index contributed by atoms with van der Waals surface area (Å²) in [6.07, 6.45) is 3.00. The molecule has 0 aliphatic carbocycles. The second kappa shape index (κ2) is 5.29. The van der Waals surface area contributed by atoms with E-state index in [0.29, 0.717) is 0 Å². The number of benzene rings is 1. The molecule has 0 amide bonds. The average Bonchev–Trinajstić information content (AvgIpc) is 2.29. The quantitative estimate of drug-likeness (QED) is 0.688. The van der Waals surface area contributed by atoms with E-state index >= 15 is 0 Å². The molecule has 1 atom stereocenters. The van der Waals surface area contributed by atoms with Gasteiger partial charge in [-0.2, -0.15) is 0 Å². The van der Waals surface area contributed by atoms with Gasteiger partial charge in [-0.1, -0.05) is 52.0 Å². The minimum atomic E-state index is 0.116. The van der Waals surface area contributed by atoms with Crippen LogP contribution < -0.4 is 0 Å². The van der Waals surface area contributed by atoms with E-state index in [9.17, 15) is 4.79 Å². The number of carbonyl (C=O) groups is 1. The maximum atomic E-state index is 10.6. The van der Waals surface area contributed by atoms with Crippen LogP contribution in [0, 0.1) is 5.92 Å². The number of carbonyl (C=O) groups excluding carboxylic acids is 1. The van der Waals surface area contributed by atoms with Crippen LogP contribution in [-0.4, -0.2) is 6.29 Å². The lowest BCUT2D eigenvalue weighted by Gasteiger charge is -2.23. The van der Waals surface area contributed by atoms with Gasteiger partial charge in [-0.05, 0) is 29.4 Å². The van der Waals surface area contributed by atoms with E-state index in [-0.39, 0.29) is 11.3 Å². The third-order valence-electron chi connectivity index (χ3n) is 3.41. The lowest BCUT2D eigenvalue weighted by atomic mass is 9.82. The zero-order valence-corrected chi connectivity index (χ0v) is 10.8. The first-order chi connectivity index (χ1) is 7.49. The Morgan fingerprint density at radius 2 is 1.81 bits per heavy atom. The van der Waals surface area contributed by atoms with Gasteiger partial charge in [-0.25, -0.2) is 0 Å². The third-order valence-corrected chi connectivity index (χ3v) is 3.41. The van der Waals surface area contributed by atoms with E-state index in [1.165, 1.54) is 11.1 Å². The molecule has 1 unspecified atom stereocenters. The van der Waals surface area contributed by atoms with E-state index < -0.39 is 0 Å². The predicted octanol–water partition coefficient (Wildman–Crippen LogP) is 3.75. The molecule has 1 aromatic rings. The van der Waals surface area contributed by atoms with E-state index in [1.54, 1.807) is 0 Å². The summed E-state index contributed by atoms with van der Waals surface area (Å²) in [4.78, 5) is 10.6. The zero-order chi connectivity index (χ0) is 12.2. The normalized spacial score (nSPS) is 13.5. The molecule has 1 heteroatoms. The molecule has 0 aliphatic heterocycles.